The molecule has 0 radical (unpaired) electrons. The van der Waals surface area contributed by atoms with Crippen LogP contribution in [0.15, 0.2) is 12.3 Å². The summed E-state index contributed by atoms with van der Waals surface area (Å²) in [5, 5.41) is 0. The lowest BCUT2D eigenvalue weighted by Crippen LogP contribution is -2.36. The number of nitrogen functional groups attached to an aromatic ring is 1. The molecule has 0 spiro atoms. The van der Waals surface area contributed by atoms with E-state index in [0.29, 0.717) is 13.2 Å². The fourth-order valence-corrected chi connectivity index (χ4v) is 1.80. The quantitative estimate of drug-likeness (QED) is 0.851. The van der Waals surface area contributed by atoms with Crippen molar-refractivity contribution in [3.05, 3.63) is 23.6 Å². The zero-order valence-corrected chi connectivity index (χ0v) is 10.2. The van der Waals surface area contributed by atoms with E-state index < -0.39 is 5.82 Å². The largest absolute Gasteiger partial charge is 0.383 e. The predicted octanol–water partition coefficient (Wildman–Crippen LogP) is 1.05. The first-order chi connectivity index (χ1) is 8.63. The van der Waals surface area contributed by atoms with E-state index >= 15 is 0 Å². The zero-order valence-electron chi connectivity index (χ0n) is 10.2. The molecule has 1 heterocycles. The van der Waals surface area contributed by atoms with Crippen molar-refractivity contribution < 1.29 is 13.9 Å². The summed E-state index contributed by atoms with van der Waals surface area (Å²) in [5.74, 6) is -0.779. The van der Waals surface area contributed by atoms with Crippen LogP contribution < -0.4 is 5.73 Å². The zero-order chi connectivity index (χ0) is 13.1. The molecule has 1 fully saturated rings. The van der Waals surface area contributed by atoms with Crippen LogP contribution in [0.4, 0.5) is 10.2 Å². The average molecular weight is 253 g/mol. The molecule has 6 heteroatoms. The molecule has 1 aromatic rings. The SMILES string of the molecule is COCCN(C(=O)c1cc(F)cnc1N)C1CC1. The summed E-state index contributed by atoms with van der Waals surface area (Å²) in [7, 11) is 1.58. The van der Waals surface area contributed by atoms with Crippen LogP contribution in [0.1, 0.15) is 23.2 Å². The number of hydrogen-bond acceptors (Lipinski definition) is 4. The summed E-state index contributed by atoms with van der Waals surface area (Å²) in [5.41, 5.74) is 5.74. The fourth-order valence-electron chi connectivity index (χ4n) is 1.80. The van der Waals surface area contributed by atoms with Crippen LogP contribution in [-0.4, -0.2) is 42.1 Å². The monoisotopic (exact) mass is 253 g/mol. The second-order valence-electron chi connectivity index (χ2n) is 4.31. The number of nitrogens with two attached hydrogens (primary N) is 1. The van der Waals surface area contributed by atoms with E-state index in [1.54, 1.807) is 12.0 Å². The van der Waals surface area contributed by atoms with E-state index in [4.69, 9.17) is 10.5 Å². The summed E-state index contributed by atoms with van der Waals surface area (Å²) in [6.07, 6.45) is 2.94. The fraction of sp³-hybridized carbons (Fsp3) is 0.500. The number of aromatic nitrogens is 1. The van der Waals surface area contributed by atoms with Crippen LogP contribution in [0.25, 0.3) is 0 Å². The normalized spacial score (nSPS) is 14.6. The first-order valence-corrected chi connectivity index (χ1v) is 5.84. The van der Waals surface area contributed by atoms with Crippen LogP contribution in [0.3, 0.4) is 0 Å². The van der Waals surface area contributed by atoms with Gasteiger partial charge in [0, 0.05) is 19.7 Å². The highest BCUT2D eigenvalue weighted by Crippen LogP contribution is 2.28. The third kappa shape index (κ3) is 2.76. The Bertz CT molecular complexity index is 449. The highest BCUT2D eigenvalue weighted by atomic mass is 19.1. The minimum Gasteiger partial charge on any atom is -0.383 e. The second kappa shape index (κ2) is 5.30. The van der Waals surface area contributed by atoms with Gasteiger partial charge in [0.05, 0.1) is 18.4 Å². The maximum absolute atomic E-state index is 13.1. The number of rotatable bonds is 5. The summed E-state index contributed by atoms with van der Waals surface area (Å²) >= 11 is 0. The van der Waals surface area contributed by atoms with Crippen LogP contribution in [0.5, 0.6) is 0 Å². The molecule has 1 saturated carbocycles. The first kappa shape index (κ1) is 12.8. The van der Waals surface area contributed by atoms with Gasteiger partial charge in [0.15, 0.2) is 0 Å². The Kier molecular flexibility index (Phi) is 3.76. The molecule has 0 aliphatic heterocycles. The molecule has 0 bridgehead atoms. The lowest BCUT2D eigenvalue weighted by Gasteiger charge is -2.22. The molecule has 98 valence electrons. The maximum atomic E-state index is 13.1. The third-order valence-electron chi connectivity index (χ3n) is 2.90. The number of halogens is 1. The number of anilines is 1. The van der Waals surface area contributed by atoms with Gasteiger partial charge in [-0.1, -0.05) is 0 Å². The molecule has 0 unspecified atom stereocenters. The van der Waals surface area contributed by atoms with Crippen LogP contribution in [0, 0.1) is 5.82 Å². The molecule has 0 saturated heterocycles. The highest BCUT2D eigenvalue weighted by molar-refractivity contribution is 5.98. The average Bonchev–Trinajstić information content (AvgIpc) is 3.17. The van der Waals surface area contributed by atoms with Gasteiger partial charge >= 0.3 is 0 Å². The summed E-state index contributed by atoms with van der Waals surface area (Å²) in [4.78, 5) is 17.6. The Morgan fingerprint density at radius 3 is 3.00 bits per heavy atom. The van der Waals surface area contributed by atoms with Gasteiger partial charge in [-0.3, -0.25) is 4.79 Å². The molecular formula is C12H16FN3O2. The van der Waals surface area contributed by atoms with Crippen LogP contribution >= 0.6 is 0 Å². The van der Waals surface area contributed by atoms with Crippen LogP contribution in [-0.2, 0) is 4.74 Å². The van der Waals surface area contributed by atoms with Gasteiger partial charge in [0.25, 0.3) is 5.91 Å². The first-order valence-electron chi connectivity index (χ1n) is 5.84. The van der Waals surface area contributed by atoms with E-state index in [1.165, 1.54) is 0 Å². The number of amides is 1. The molecule has 18 heavy (non-hydrogen) atoms. The number of carbonyl (C=O) groups excluding carboxylic acids is 1. The molecule has 1 amide bonds. The number of hydrogen-bond donors (Lipinski definition) is 1. The Hall–Kier alpha value is -1.69. The summed E-state index contributed by atoms with van der Waals surface area (Å²) < 4.78 is 18.1. The van der Waals surface area contributed by atoms with E-state index in [9.17, 15) is 9.18 Å². The van der Waals surface area contributed by atoms with Gasteiger partial charge in [0.1, 0.15) is 11.6 Å². The lowest BCUT2D eigenvalue weighted by molar-refractivity contribution is 0.0680. The Balaban J connectivity index is 2.19. The Morgan fingerprint density at radius 2 is 2.39 bits per heavy atom. The molecule has 1 aliphatic carbocycles. The van der Waals surface area contributed by atoms with E-state index in [2.05, 4.69) is 4.98 Å². The van der Waals surface area contributed by atoms with E-state index in [0.717, 1.165) is 25.1 Å². The van der Waals surface area contributed by atoms with Crippen LogP contribution in [0.2, 0.25) is 0 Å². The van der Waals surface area contributed by atoms with Crippen molar-refractivity contribution in [3.8, 4) is 0 Å². The number of pyridine rings is 1. The van der Waals surface area contributed by atoms with Crippen molar-refractivity contribution in [3.63, 3.8) is 0 Å². The number of ether oxygens (including phenoxy) is 1. The summed E-state index contributed by atoms with van der Waals surface area (Å²) in [6.45, 7) is 0.931. The standard InChI is InChI=1S/C12H16FN3O2/c1-18-5-4-16(9-2-3-9)12(17)10-6-8(13)7-15-11(10)14/h6-7,9H,2-5H2,1H3,(H2,14,15). The van der Waals surface area contributed by atoms with Gasteiger partial charge in [-0.15, -0.1) is 0 Å². The maximum Gasteiger partial charge on any atom is 0.258 e. The van der Waals surface area contributed by atoms with Gasteiger partial charge in [-0.2, -0.15) is 0 Å². The van der Waals surface area contributed by atoms with Gasteiger partial charge < -0.3 is 15.4 Å². The van der Waals surface area contributed by atoms with Crippen molar-refractivity contribution in [2.45, 2.75) is 18.9 Å². The second-order valence-corrected chi connectivity index (χ2v) is 4.31. The van der Waals surface area contributed by atoms with Crippen molar-refractivity contribution in [1.82, 2.24) is 9.88 Å². The lowest BCUT2D eigenvalue weighted by atomic mass is 10.2. The highest BCUT2D eigenvalue weighted by Gasteiger charge is 2.33. The van der Waals surface area contributed by atoms with Gasteiger partial charge in [-0.05, 0) is 18.9 Å². The van der Waals surface area contributed by atoms with E-state index in [1.807, 2.05) is 0 Å². The number of nitrogens with zero attached hydrogens (tertiary/aromatic N) is 2. The molecule has 2 N–H and O–H groups in total. The summed E-state index contributed by atoms with van der Waals surface area (Å²) in [6, 6.07) is 1.35. The number of carbonyl (C=O) groups is 1. The topological polar surface area (TPSA) is 68.5 Å². The molecule has 1 aromatic heterocycles. The smallest absolute Gasteiger partial charge is 0.258 e. The molecule has 0 aromatic carbocycles. The predicted molar refractivity (Wildman–Crippen MR) is 64.5 cm³/mol. The molecule has 1 aliphatic rings. The minimum absolute atomic E-state index is 0.0597. The Labute approximate surface area is 105 Å². The van der Waals surface area contributed by atoms with Gasteiger partial charge in [0.2, 0.25) is 0 Å². The van der Waals surface area contributed by atoms with Crippen molar-refractivity contribution in [2.75, 3.05) is 26.0 Å². The molecule has 2 rings (SSSR count). The Morgan fingerprint density at radius 1 is 1.67 bits per heavy atom. The molecule has 0 atom stereocenters. The third-order valence-corrected chi connectivity index (χ3v) is 2.90. The van der Waals surface area contributed by atoms with Gasteiger partial charge in [-0.25, -0.2) is 9.37 Å². The minimum atomic E-state index is -0.560. The van der Waals surface area contributed by atoms with E-state index in [-0.39, 0.29) is 23.3 Å². The van der Waals surface area contributed by atoms with Crippen molar-refractivity contribution in [1.29, 1.82) is 0 Å². The van der Waals surface area contributed by atoms with Crippen molar-refractivity contribution in [2.24, 2.45) is 0 Å². The molecular weight excluding hydrogens is 237 g/mol. The number of methoxy groups -OCH3 is 1. The van der Waals surface area contributed by atoms with Crippen molar-refractivity contribution >= 4 is 11.7 Å². The molecule has 5 nitrogen and oxygen atoms in total.